The number of hydrogen-bond donors (Lipinski definition) is 1. The van der Waals surface area contributed by atoms with Crippen LogP contribution in [0.15, 0.2) is 18.3 Å². The lowest BCUT2D eigenvalue weighted by molar-refractivity contribution is 0.169. The molecule has 22 heavy (non-hydrogen) atoms. The van der Waals surface area contributed by atoms with E-state index in [1.165, 1.54) is 50.9 Å². The van der Waals surface area contributed by atoms with Crippen LogP contribution < -0.4 is 5.32 Å². The van der Waals surface area contributed by atoms with Gasteiger partial charge in [-0.2, -0.15) is 0 Å². The number of nitrogens with one attached hydrogen (secondary N) is 1. The molecule has 2 aromatic rings. The zero-order chi connectivity index (χ0) is 14.9. The standard InChI is InChI=1S/C17H25N5/c1-21-12-5-3-8-14(21)17-20-13-7-6-11-19-16(13)22(17)15-9-2-4-10-18-15/h6-7,11,14-15,18H,2-5,8-10,12H2,1H3. The summed E-state index contributed by atoms with van der Waals surface area (Å²) in [6, 6.07) is 4.50. The van der Waals surface area contributed by atoms with Gasteiger partial charge >= 0.3 is 0 Å². The second-order valence-corrected chi connectivity index (χ2v) is 6.64. The zero-order valence-corrected chi connectivity index (χ0v) is 13.3. The van der Waals surface area contributed by atoms with E-state index in [9.17, 15) is 0 Å². The number of piperidine rings is 2. The Morgan fingerprint density at radius 3 is 2.91 bits per heavy atom. The van der Waals surface area contributed by atoms with Crippen molar-refractivity contribution in [1.29, 1.82) is 0 Å². The molecule has 2 aromatic heterocycles. The average Bonchev–Trinajstić information content (AvgIpc) is 2.95. The van der Waals surface area contributed by atoms with Crippen molar-refractivity contribution in [1.82, 2.24) is 24.8 Å². The SMILES string of the molecule is CN1CCCCC1c1nc2cccnc2n1C1CCCCN1. The van der Waals surface area contributed by atoms with Crippen LogP contribution in [0.1, 0.15) is 56.6 Å². The van der Waals surface area contributed by atoms with Crippen LogP contribution in [0.2, 0.25) is 0 Å². The van der Waals surface area contributed by atoms with Crippen molar-refractivity contribution in [2.24, 2.45) is 0 Å². The molecule has 2 saturated heterocycles. The lowest BCUT2D eigenvalue weighted by Gasteiger charge is -2.34. The molecule has 1 N–H and O–H groups in total. The molecule has 2 atom stereocenters. The molecular weight excluding hydrogens is 274 g/mol. The summed E-state index contributed by atoms with van der Waals surface area (Å²) in [4.78, 5) is 12.1. The van der Waals surface area contributed by atoms with Gasteiger partial charge in [-0.05, 0) is 64.4 Å². The van der Waals surface area contributed by atoms with E-state index in [-0.39, 0.29) is 0 Å². The van der Waals surface area contributed by atoms with Gasteiger partial charge in [-0.25, -0.2) is 9.97 Å². The van der Waals surface area contributed by atoms with Crippen LogP contribution in [-0.2, 0) is 0 Å². The third-order valence-electron chi connectivity index (χ3n) is 5.14. The Bertz CT molecular complexity index is 644. The number of fused-ring (bicyclic) bond motifs is 1. The first kappa shape index (κ1) is 14.2. The molecule has 2 fully saturated rings. The summed E-state index contributed by atoms with van der Waals surface area (Å²) in [6.45, 7) is 2.26. The Hall–Kier alpha value is -1.46. The second kappa shape index (κ2) is 5.97. The quantitative estimate of drug-likeness (QED) is 0.926. The van der Waals surface area contributed by atoms with E-state index >= 15 is 0 Å². The fraction of sp³-hybridized carbons (Fsp3) is 0.647. The highest BCUT2D eigenvalue weighted by molar-refractivity contribution is 5.71. The monoisotopic (exact) mass is 299 g/mol. The summed E-state index contributed by atoms with van der Waals surface area (Å²) in [5, 5.41) is 3.67. The van der Waals surface area contributed by atoms with Crippen LogP contribution in [-0.4, -0.2) is 39.6 Å². The first-order chi connectivity index (χ1) is 10.8. The van der Waals surface area contributed by atoms with Gasteiger partial charge in [0.1, 0.15) is 11.3 Å². The molecule has 0 saturated carbocycles. The Morgan fingerprint density at radius 2 is 2.09 bits per heavy atom. The molecule has 2 aliphatic heterocycles. The fourth-order valence-electron chi connectivity index (χ4n) is 3.94. The minimum absolute atomic E-state index is 0.346. The summed E-state index contributed by atoms with van der Waals surface area (Å²) < 4.78 is 2.39. The van der Waals surface area contributed by atoms with Gasteiger partial charge in [-0.15, -0.1) is 0 Å². The summed E-state index contributed by atoms with van der Waals surface area (Å²) in [5.74, 6) is 1.20. The smallest absolute Gasteiger partial charge is 0.161 e. The highest BCUT2D eigenvalue weighted by atomic mass is 15.3. The maximum Gasteiger partial charge on any atom is 0.161 e. The molecule has 0 spiro atoms. The summed E-state index contributed by atoms with van der Waals surface area (Å²) in [7, 11) is 2.23. The molecule has 5 heteroatoms. The topological polar surface area (TPSA) is 46.0 Å². The van der Waals surface area contributed by atoms with E-state index in [4.69, 9.17) is 4.98 Å². The molecule has 0 aromatic carbocycles. The predicted octanol–water partition coefficient (Wildman–Crippen LogP) is 2.86. The predicted molar refractivity (Wildman–Crippen MR) is 87.6 cm³/mol. The molecule has 0 bridgehead atoms. The average molecular weight is 299 g/mol. The van der Waals surface area contributed by atoms with E-state index < -0.39 is 0 Å². The van der Waals surface area contributed by atoms with Gasteiger partial charge in [0.15, 0.2) is 5.65 Å². The highest BCUT2D eigenvalue weighted by Crippen LogP contribution is 2.33. The van der Waals surface area contributed by atoms with Crippen molar-refractivity contribution in [3.8, 4) is 0 Å². The summed E-state index contributed by atoms with van der Waals surface area (Å²) in [5.41, 5.74) is 2.07. The Kier molecular flexibility index (Phi) is 3.84. The van der Waals surface area contributed by atoms with Crippen molar-refractivity contribution in [2.45, 2.75) is 50.7 Å². The van der Waals surface area contributed by atoms with Crippen LogP contribution in [0.25, 0.3) is 11.2 Å². The first-order valence-corrected chi connectivity index (χ1v) is 8.61. The van der Waals surface area contributed by atoms with Crippen molar-refractivity contribution in [3.05, 3.63) is 24.2 Å². The molecule has 5 nitrogen and oxygen atoms in total. The number of pyridine rings is 1. The molecular formula is C17H25N5. The van der Waals surface area contributed by atoms with E-state index in [1.807, 2.05) is 12.3 Å². The molecule has 0 radical (unpaired) electrons. The Labute approximate surface area is 131 Å². The number of nitrogens with zero attached hydrogens (tertiary/aromatic N) is 4. The van der Waals surface area contributed by atoms with Gasteiger partial charge in [-0.1, -0.05) is 6.42 Å². The van der Waals surface area contributed by atoms with E-state index in [2.05, 4.69) is 32.9 Å². The fourth-order valence-corrected chi connectivity index (χ4v) is 3.94. The van der Waals surface area contributed by atoms with Crippen LogP contribution in [0.3, 0.4) is 0 Å². The summed E-state index contributed by atoms with van der Waals surface area (Å²) in [6.07, 6.45) is 9.75. The van der Waals surface area contributed by atoms with Crippen molar-refractivity contribution in [2.75, 3.05) is 20.1 Å². The van der Waals surface area contributed by atoms with Gasteiger partial charge in [0.25, 0.3) is 0 Å². The Balaban J connectivity index is 1.81. The van der Waals surface area contributed by atoms with Crippen molar-refractivity contribution >= 4 is 11.2 Å². The maximum atomic E-state index is 4.98. The van der Waals surface area contributed by atoms with Gasteiger partial charge in [0.05, 0.1) is 12.2 Å². The van der Waals surface area contributed by atoms with Gasteiger partial charge in [-0.3, -0.25) is 14.8 Å². The van der Waals surface area contributed by atoms with Crippen molar-refractivity contribution in [3.63, 3.8) is 0 Å². The van der Waals surface area contributed by atoms with Crippen LogP contribution in [0, 0.1) is 0 Å². The number of imidazole rings is 1. The lowest BCUT2D eigenvalue weighted by Crippen LogP contribution is -2.36. The number of likely N-dealkylation sites (tertiary alicyclic amines) is 1. The summed E-state index contributed by atoms with van der Waals surface area (Å²) >= 11 is 0. The van der Waals surface area contributed by atoms with Crippen LogP contribution in [0.5, 0.6) is 0 Å². The third kappa shape index (κ3) is 2.42. The molecule has 4 rings (SSSR count). The minimum Gasteiger partial charge on any atom is -0.297 e. The number of aromatic nitrogens is 3. The number of hydrogen-bond acceptors (Lipinski definition) is 4. The molecule has 4 heterocycles. The minimum atomic E-state index is 0.346. The van der Waals surface area contributed by atoms with Gasteiger partial charge in [0.2, 0.25) is 0 Å². The van der Waals surface area contributed by atoms with Crippen LogP contribution in [0.4, 0.5) is 0 Å². The van der Waals surface area contributed by atoms with Gasteiger partial charge < -0.3 is 0 Å². The normalized spacial score (nSPS) is 27.3. The zero-order valence-electron chi connectivity index (χ0n) is 13.3. The van der Waals surface area contributed by atoms with Gasteiger partial charge in [0, 0.05) is 6.20 Å². The third-order valence-corrected chi connectivity index (χ3v) is 5.14. The molecule has 118 valence electrons. The molecule has 0 aliphatic carbocycles. The first-order valence-electron chi connectivity index (χ1n) is 8.61. The number of rotatable bonds is 2. The molecule has 2 unspecified atom stereocenters. The van der Waals surface area contributed by atoms with Crippen molar-refractivity contribution < 1.29 is 0 Å². The molecule has 0 amide bonds. The molecule has 2 aliphatic rings. The largest absolute Gasteiger partial charge is 0.297 e. The van der Waals surface area contributed by atoms with E-state index in [1.54, 1.807) is 0 Å². The maximum absolute atomic E-state index is 4.98. The lowest BCUT2D eigenvalue weighted by atomic mass is 10.0. The Morgan fingerprint density at radius 1 is 1.18 bits per heavy atom. The van der Waals surface area contributed by atoms with E-state index in [0.717, 1.165) is 17.7 Å². The highest BCUT2D eigenvalue weighted by Gasteiger charge is 2.29. The van der Waals surface area contributed by atoms with E-state index in [0.29, 0.717) is 12.2 Å². The second-order valence-electron chi connectivity index (χ2n) is 6.64. The van der Waals surface area contributed by atoms with Crippen LogP contribution >= 0.6 is 0 Å².